The van der Waals surface area contributed by atoms with Crippen LogP contribution in [0.25, 0.3) is 0 Å². The van der Waals surface area contributed by atoms with Gasteiger partial charge in [-0.15, -0.1) is 0 Å². The monoisotopic (exact) mass is 308 g/mol. The van der Waals surface area contributed by atoms with Crippen molar-refractivity contribution < 1.29 is 9.53 Å². The minimum absolute atomic E-state index is 0.111. The number of imidazole rings is 1. The molecule has 2 unspecified atom stereocenters. The normalized spacial score (nSPS) is 22.9. The molecule has 6 nitrogen and oxygen atoms in total. The van der Waals surface area contributed by atoms with Gasteiger partial charge in [0.1, 0.15) is 5.60 Å². The molecule has 1 aliphatic carbocycles. The minimum atomic E-state index is -0.465. The van der Waals surface area contributed by atoms with Gasteiger partial charge < -0.3 is 20.4 Å². The Kier molecular flexibility index (Phi) is 5.83. The van der Waals surface area contributed by atoms with Gasteiger partial charge >= 0.3 is 6.09 Å². The highest BCUT2D eigenvalue weighted by Crippen LogP contribution is 2.19. The van der Waals surface area contributed by atoms with E-state index in [9.17, 15) is 4.79 Å². The van der Waals surface area contributed by atoms with Gasteiger partial charge in [0.05, 0.1) is 6.33 Å². The molecular weight excluding hydrogens is 280 g/mol. The molecular formula is C16H28N4O2. The Morgan fingerprint density at radius 1 is 1.32 bits per heavy atom. The predicted octanol–water partition coefficient (Wildman–Crippen LogP) is 2.73. The number of nitrogens with one attached hydrogen (secondary N) is 3. The van der Waals surface area contributed by atoms with E-state index < -0.39 is 5.60 Å². The van der Waals surface area contributed by atoms with Crippen molar-refractivity contribution in [3.05, 3.63) is 18.2 Å². The zero-order chi connectivity index (χ0) is 16.0. The summed E-state index contributed by atoms with van der Waals surface area (Å²) in [5.41, 5.74) is 0.591. The van der Waals surface area contributed by atoms with Crippen LogP contribution in [0.15, 0.2) is 12.5 Å². The van der Waals surface area contributed by atoms with Gasteiger partial charge in [-0.3, -0.25) is 0 Å². The molecule has 6 heteroatoms. The van der Waals surface area contributed by atoms with Crippen LogP contribution in [-0.4, -0.2) is 33.7 Å². The topological polar surface area (TPSA) is 79.0 Å². The summed E-state index contributed by atoms with van der Waals surface area (Å²) in [6.45, 7) is 6.38. The van der Waals surface area contributed by atoms with Gasteiger partial charge in [0, 0.05) is 30.5 Å². The molecule has 1 saturated carbocycles. The average molecular weight is 308 g/mol. The highest BCUT2D eigenvalue weighted by Gasteiger charge is 2.27. The number of carbonyl (C=O) groups excluding carboxylic acids is 1. The van der Waals surface area contributed by atoms with Crippen LogP contribution in [0.3, 0.4) is 0 Å². The van der Waals surface area contributed by atoms with Crippen LogP contribution in [0.2, 0.25) is 0 Å². The molecule has 0 bridgehead atoms. The number of hydrogen-bond acceptors (Lipinski definition) is 4. The minimum Gasteiger partial charge on any atom is -0.444 e. The van der Waals surface area contributed by atoms with Crippen LogP contribution in [0, 0.1) is 0 Å². The number of aromatic amines is 1. The number of ether oxygens (including phenoxy) is 1. The fourth-order valence-corrected chi connectivity index (χ4v) is 2.81. The number of H-pyrrole nitrogens is 1. The van der Waals surface area contributed by atoms with Crippen LogP contribution >= 0.6 is 0 Å². The number of carbonyl (C=O) groups is 1. The van der Waals surface area contributed by atoms with E-state index in [-0.39, 0.29) is 18.2 Å². The standard InChI is InChI=1S/C16H28N4O2/c1-16(2,3)22-15(21)20-14-8-6-4-5-7-13(14)18-10-12-9-17-11-19-12/h9,11,13-14,18H,4-8,10H2,1-3H3,(H,17,19)(H,20,21). The molecule has 0 spiro atoms. The van der Waals surface area contributed by atoms with Gasteiger partial charge in [-0.1, -0.05) is 19.3 Å². The summed E-state index contributed by atoms with van der Waals surface area (Å²) in [5.74, 6) is 0. The van der Waals surface area contributed by atoms with E-state index in [0.717, 1.165) is 31.5 Å². The Bertz CT molecular complexity index is 453. The zero-order valence-electron chi connectivity index (χ0n) is 13.8. The van der Waals surface area contributed by atoms with Crippen LogP contribution in [0.1, 0.15) is 58.6 Å². The SMILES string of the molecule is CC(C)(C)OC(=O)NC1CCCCCC1NCc1cnc[nH]1. The molecule has 0 saturated heterocycles. The molecule has 3 N–H and O–H groups in total. The Hall–Kier alpha value is -1.56. The molecule has 1 fully saturated rings. The second-order valence-corrected chi connectivity index (χ2v) is 6.95. The number of nitrogens with zero attached hydrogens (tertiary/aromatic N) is 1. The van der Waals surface area contributed by atoms with Crippen molar-refractivity contribution in [2.24, 2.45) is 0 Å². The van der Waals surface area contributed by atoms with Crippen molar-refractivity contribution in [1.82, 2.24) is 20.6 Å². The average Bonchev–Trinajstić information content (AvgIpc) is 2.83. The number of hydrogen-bond donors (Lipinski definition) is 3. The van der Waals surface area contributed by atoms with E-state index in [4.69, 9.17) is 4.74 Å². The fourth-order valence-electron chi connectivity index (χ4n) is 2.81. The highest BCUT2D eigenvalue weighted by molar-refractivity contribution is 5.68. The molecule has 1 aromatic heterocycles. The van der Waals surface area contributed by atoms with Crippen molar-refractivity contribution in [1.29, 1.82) is 0 Å². The maximum atomic E-state index is 12.0. The van der Waals surface area contributed by atoms with Crippen molar-refractivity contribution >= 4 is 6.09 Å². The Labute approximate surface area is 132 Å². The van der Waals surface area contributed by atoms with Gasteiger partial charge in [-0.2, -0.15) is 0 Å². The summed E-state index contributed by atoms with van der Waals surface area (Å²) in [5, 5.41) is 6.59. The molecule has 1 amide bonds. The van der Waals surface area contributed by atoms with Crippen molar-refractivity contribution in [3.63, 3.8) is 0 Å². The maximum Gasteiger partial charge on any atom is 0.407 e. The molecule has 1 aromatic rings. The number of aromatic nitrogens is 2. The molecule has 1 heterocycles. The molecule has 2 atom stereocenters. The number of amides is 1. The molecule has 1 aliphatic rings. The van der Waals surface area contributed by atoms with Crippen molar-refractivity contribution in [2.45, 2.75) is 77.1 Å². The molecule has 2 rings (SSSR count). The van der Waals surface area contributed by atoms with Gasteiger partial charge in [0.25, 0.3) is 0 Å². The van der Waals surface area contributed by atoms with E-state index in [1.54, 1.807) is 6.33 Å². The lowest BCUT2D eigenvalue weighted by Crippen LogP contribution is -2.50. The second kappa shape index (κ2) is 7.63. The van der Waals surface area contributed by atoms with Gasteiger partial charge in [-0.25, -0.2) is 9.78 Å². The third-order valence-corrected chi connectivity index (χ3v) is 3.83. The Morgan fingerprint density at radius 3 is 2.68 bits per heavy atom. The first kappa shape index (κ1) is 16.8. The van der Waals surface area contributed by atoms with E-state index >= 15 is 0 Å². The Balaban J connectivity index is 1.90. The smallest absolute Gasteiger partial charge is 0.407 e. The number of alkyl carbamates (subject to hydrolysis) is 1. The molecule has 0 aliphatic heterocycles. The van der Waals surface area contributed by atoms with Crippen LogP contribution in [-0.2, 0) is 11.3 Å². The van der Waals surface area contributed by atoms with E-state index in [1.807, 2.05) is 27.0 Å². The van der Waals surface area contributed by atoms with Gasteiger partial charge in [0.2, 0.25) is 0 Å². The van der Waals surface area contributed by atoms with E-state index in [2.05, 4.69) is 20.6 Å². The van der Waals surface area contributed by atoms with Crippen LogP contribution in [0.5, 0.6) is 0 Å². The quantitative estimate of drug-likeness (QED) is 0.747. The molecule has 0 aromatic carbocycles. The Morgan fingerprint density at radius 2 is 2.05 bits per heavy atom. The lowest BCUT2D eigenvalue weighted by atomic mass is 10.0. The summed E-state index contributed by atoms with van der Waals surface area (Å²) < 4.78 is 5.39. The van der Waals surface area contributed by atoms with Gasteiger partial charge in [-0.05, 0) is 33.6 Å². The molecule has 124 valence electrons. The first-order valence-electron chi connectivity index (χ1n) is 8.14. The summed E-state index contributed by atoms with van der Waals surface area (Å²) in [4.78, 5) is 19.2. The summed E-state index contributed by atoms with van der Waals surface area (Å²) in [6.07, 6.45) is 8.77. The van der Waals surface area contributed by atoms with Crippen molar-refractivity contribution in [2.75, 3.05) is 0 Å². The van der Waals surface area contributed by atoms with Crippen LogP contribution in [0.4, 0.5) is 4.79 Å². The lowest BCUT2D eigenvalue weighted by Gasteiger charge is -2.28. The summed E-state index contributed by atoms with van der Waals surface area (Å²) in [7, 11) is 0. The third kappa shape index (κ3) is 5.67. The number of rotatable bonds is 4. The third-order valence-electron chi connectivity index (χ3n) is 3.83. The van der Waals surface area contributed by atoms with E-state index in [0.29, 0.717) is 0 Å². The fraction of sp³-hybridized carbons (Fsp3) is 0.750. The molecule has 0 radical (unpaired) electrons. The van der Waals surface area contributed by atoms with E-state index in [1.165, 1.54) is 12.8 Å². The predicted molar refractivity (Wildman–Crippen MR) is 85.5 cm³/mol. The first-order valence-corrected chi connectivity index (χ1v) is 8.14. The summed E-state index contributed by atoms with van der Waals surface area (Å²) >= 11 is 0. The van der Waals surface area contributed by atoms with Gasteiger partial charge in [0.15, 0.2) is 0 Å². The maximum absolute atomic E-state index is 12.0. The second-order valence-electron chi connectivity index (χ2n) is 6.95. The zero-order valence-corrected chi connectivity index (χ0v) is 13.8. The van der Waals surface area contributed by atoms with Crippen LogP contribution < -0.4 is 10.6 Å². The highest BCUT2D eigenvalue weighted by atomic mass is 16.6. The van der Waals surface area contributed by atoms with Crippen molar-refractivity contribution in [3.8, 4) is 0 Å². The summed E-state index contributed by atoms with van der Waals surface area (Å²) in [6, 6.07) is 0.374. The lowest BCUT2D eigenvalue weighted by molar-refractivity contribution is 0.0489. The largest absolute Gasteiger partial charge is 0.444 e. The molecule has 22 heavy (non-hydrogen) atoms. The first-order chi connectivity index (χ1) is 10.4.